The molecule has 196 valence electrons. The highest BCUT2D eigenvalue weighted by molar-refractivity contribution is 7.93. The van der Waals surface area contributed by atoms with Crippen molar-refractivity contribution in [1.29, 1.82) is 0 Å². The van der Waals surface area contributed by atoms with Crippen molar-refractivity contribution in [2.45, 2.75) is 37.5 Å². The SMILES string of the molecule is Cc1cc(OCCc2ccc(C=NN)cc2)cc(N(CCCCC(N)=O)S(=O)(=O)c2ccccc2Cl)c1. The number of nitrogens with zero attached hydrogens (tertiary/aromatic N) is 2. The number of carbonyl (C=O) groups excluding carboxylic acids is 1. The van der Waals surface area contributed by atoms with Crippen LogP contribution in [0.25, 0.3) is 0 Å². The number of halogens is 1. The summed E-state index contributed by atoms with van der Waals surface area (Å²) in [5.74, 6) is 5.32. The van der Waals surface area contributed by atoms with Crippen LogP contribution in [0.2, 0.25) is 5.02 Å². The molecular formula is C27H31ClN4O4S. The van der Waals surface area contributed by atoms with Crippen LogP contribution in [0.1, 0.15) is 36.0 Å². The number of anilines is 1. The number of hydrazone groups is 1. The van der Waals surface area contributed by atoms with Gasteiger partial charge in [-0.3, -0.25) is 9.10 Å². The van der Waals surface area contributed by atoms with Crippen LogP contribution in [0.15, 0.2) is 76.7 Å². The molecule has 4 N–H and O–H groups in total. The normalized spacial score (nSPS) is 11.5. The molecule has 3 aromatic carbocycles. The average Bonchev–Trinajstić information content (AvgIpc) is 2.84. The van der Waals surface area contributed by atoms with Crippen LogP contribution in [-0.2, 0) is 21.2 Å². The van der Waals surface area contributed by atoms with Crippen LogP contribution in [0.3, 0.4) is 0 Å². The molecule has 10 heteroatoms. The molecule has 0 aliphatic heterocycles. The maximum atomic E-state index is 13.7. The second kappa shape index (κ2) is 13.1. The Morgan fingerprint density at radius 1 is 1.08 bits per heavy atom. The van der Waals surface area contributed by atoms with E-state index in [1.165, 1.54) is 10.4 Å². The van der Waals surface area contributed by atoms with Gasteiger partial charge in [-0.2, -0.15) is 5.10 Å². The first kappa shape index (κ1) is 28.0. The number of primary amides is 1. The Labute approximate surface area is 222 Å². The summed E-state index contributed by atoms with van der Waals surface area (Å²) in [5.41, 5.74) is 8.54. The van der Waals surface area contributed by atoms with Crippen molar-refractivity contribution >= 4 is 39.4 Å². The van der Waals surface area contributed by atoms with E-state index < -0.39 is 15.9 Å². The molecule has 8 nitrogen and oxygen atoms in total. The Hall–Kier alpha value is -3.56. The fourth-order valence-electron chi connectivity index (χ4n) is 3.81. The lowest BCUT2D eigenvalue weighted by atomic mass is 10.1. The van der Waals surface area contributed by atoms with Crippen molar-refractivity contribution in [2.75, 3.05) is 17.5 Å². The van der Waals surface area contributed by atoms with Gasteiger partial charge in [0.25, 0.3) is 10.0 Å². The van der Waals surface area contributed by atoms with Crippen LogP contribution in [0.4, 0.5) is 5.69 Å². The zero-order chi connectivity index (χ0) is 26.8. The van der Waals surface area contributed by atoms with Gasteiger partial charge in [0.15, 0.2) is 0 Å². The van der Waals surface area contributed by atoms with Gasteiger partial charge >= 0.3 is 0 Å². The summed E-state index contributed by atoms with van der Waals surface area (Å²) < 4.78 is 34.7. The Morgan fingerprint density at radius 3 is 2.49 bits per heavy atom. The van der Waals surface area contributed by atoms with E-state index in [9.17, 15) is 13.2 Å². The van der Waals surface area contributed by atoms with E-state index >= 15 is 0 Å². The summed E-state index contributed by atoms with van der Waals surface area (Å²) in [7, 11) is -3.98. The molecule has 3 aromatic rings. The van der Waals surface area contributed by atoms with Crippen LogP contribution in [0.5, 0.6) is 5.75 Å². The lowest BCUT2D eigenvalue weighted by molar-refractivity contribution is -0.118. The number of aryl methyl sites for hydroxylation is 1. The van der Waals surface area contributed by atoms with E-state index in [-0.39, 0.29) is 22.9 Å². The predicted molar refractivity (Wildman–Crippen MR) is 148 cm³/mol. The van der Waals surface area contributed by atoms with Gasteiger partial charge in [-0.05, 0) is 60.7 Å². The molecule has 0 spiro atoms. The van der Waals surface area contributed by atoms with Crippen molar-refractivity contribution in [3.05, 3.63) is 88.4 Å². The van der Waals surface area contributed by atoms with E-state index in [2.05, 4.69) is 5.10 Å². The topological polar surface area (TPSA) is 128 Å². The maximum Gasteiger partial charge on any atom is 0.265 e. The number of benzene rings is 3. The molecule has 0 bridgehead atoms. The number of amides is 1. The van der Waals surface area contributed by atoms with Crippen molar-refractivity contribution in [2.24, 2.45) is 16.7 Å². The highest BCUT2D eigenvalue weighted by Gasteiger charge is 2.27. The summed E-state index contributed by atoms with van der Waals surface area (Å²) >= 11 is 6.25. The van der Waals surface area contributed by atoms with E-state index in [1.807, 2.05) is 37.3 Å². The van der Waals surface area contributed by atoms with Crippen LogP contribution < -0.4 is 20.6 Å². The van der Waals surface area contributed by atoms with Crippen molar-refractivity contribution in [1.82, 2.24) is 0 Å². The van der Waals surface area contributed by atoms with Gasteiger partial charge in [-0.1, -0.05) is 48.0 Å². The lowest BCUT2D eigenvalue weighted by Crippen LogP contribution is -2.32. The Balaban J connectivity index is 1.82. The first-order valence-corrected chi connectivity index (χ1v) is 13.6. The number of sulfonamides is 1. The second-order valence-corrected chi connectivity index (χ2v) is 10.8. The summed E-state index contributed by atoms with van der Waals surface area (Å²) in [6.45, 7) is 2.44. The predicted octanol–water partition coefficient (Wildman–Crippen LogP) is 4.41. The van der Waals surface area contributed by atoms with E-state index in [0.717, 1.165) is 16.7 Å². The first-order valence-electron chi connectivity index (χ1n) is 11.8. The third kappa shape index (κ3) is 7.96. The maximum absolute atomic E-state index is 13.7. The molecule has 0 aromatic heterocycles. The van der Waals surface area contributed by atoms with Gasteiger partial charge < -0.3 is 16.3 Å². The quantitative estimate of drug-likeness (QED) is 0.143. The Kier molecular flexibility index (Phi) is 9.93. The number of carbonyl (C=O) groups is 1. The minimum atomic E-state index is -3.98. The van der Waals surface area contributed by atoms with Gasteiger partial charge in [0, 0.05) is 25.5 Å². The van der Waals surface area contributed by atoms with Gasteiger partial charge in [0.1, 0.15) is 10.6 Å². The second-order valence-electron chi connectivity index (χ2n) is 8.55. The number of nitrogens with two attached hydrogens (primary N) is 2. The van der Waals surface area contributed by atoms with Crippen molar-refractivity contribution < 1.29 is 17.9 Å². The Morgan fingerprint density at radius 2 is 1.81 bits per heavy atom. The number of ether oxygens (including phenoxy) is 1. The number of hydrogen-bond acceptors (Lipinski definition) is 6. The molecule has 0 radical (unpaired) electrons. The summed E-state index contributed by atoms with van der Waals surface area (Å²) in [6.07, 6.45) is 3.34. The number of rotatable bonds is 13. The third-order valence-corrected chi connectivity index (χ3v) is 7.95. The van der Waals surface area contributed by atoms with Gasteiger partial charge in [0.05, 0.1) is 23.5 Å². The Bertz CT molecular complexity index is 1340. The van der Waals surface area contributed by atoms with Crippen molar-refractivity contribution in [3.63, 3.8) is 0 Å². The molecule has 0 heterocycles. The molecule has 0 atom stereocenters. The molecule has 3 rings (SSSR count). The van der Waals surface area contributed by atoms with Gasteiger partial charge in [0.2, 0.25) is 5.91 Å². The molecule has 37 heavy (non-hydrogen) atoms. The molecule has 0 saturated heterocycles. The largest absolute Gasteiger partial charge is 0.493 e. The fraction of sp³-hybridized carbons (Fsp3) is 0.259. The first-order chi connectivity index (χ1) is 17.7. The van der Waals surface area contributed by atoms with E-state index in [1.54, 1.807) is 36.5 Å². The molecule has 1 amide bonds. The fourth-order valence-corrected chi connectivity index (χ4v) is 5.80. The molecule has 0 unspecified atom stereocenters. The highest BCUT2D eigenvalue weighted by Crippen LogP contribution is 2.32. The molecule has 0 fully saturated rings. The monoisotopic (exact) mass is 542 g/mol. The molecule has 0 aliphatic rings. The zero-order valence-corrected chi connectivity index (χ0v) is 22.2. The van der Waals surface area contributed by atoms with Crippen molar-refractivity contribution in [3.8, 4) is 5.75 Å². The third-order valence-electron chi connectivity index (χ3n) is 5.63. The van der Waals surface area contributed by atoms with E-state index in [0.29, 0.717) is 37.3 Å². The van der Waals surface area contributed by atoms with Gasteiger partial charge in [-0.15, -0.1) is 0 Å². The number of unbranched alkanes of at least 4 members (excludes halogenated alkanes) is 1. The molecular weight excluding hydrogens is 512 g/mol. The molecule has 0 aliphatic carbocycles. The summed E-state index contributed by atoms with van der Waals surface area (Å²) in [6, 6.07) is 19.5. The summed E-state index contributed by atoms with van der Waals surface area (Å²) in [5, 5.41) is 3.65. The average molecular weight is 543 g/mol. The lowest BCUT2D eigenvalue weighted by Gasteiger charge is -2.26. The zero-order valence-electron chi connectivity index (χ0n) is 20.6. The van der Waals surface area contributed by atoms with Gasteiger partial charge in [-0.25, -0.2) is 8.42 Å². The molecule has 0 saturated carbocycles. The standard InChI is InChI=1S/C27H31ClN4O4S/c1-20-16-23(18-24(17-20)36-15-13-21-9-11-22(12-10-21)19-31-30)32(14-5-4-8-27(29)33)37(34,35)26-7-3-2-6-25(26)28/h2-3,6-7,9-12,16-19H,4-5,8,13-15,30H2,1H3,(H2,29,33). The van der Waals surface area contributed by atoms with Crippen LogP contribution in [-0.4, -0.2) is 33.7 Å². The smallest absolute Gasteiger partial charge is 0.265 e. The van der Waals surface area contributed by atoms with Crippen LogP contribution >= 0.6 is 11.6 Å². The van der Waals surface area contributed by atoms with E-state index in [4.69, 9.17) is 27.9 Å². The van der Waals surface area contributed by atoms with Crippen LogP contribution in [0, 0.1) is 6.92 Å². The minimum absolute atomic E-state index is 0.0127. The minimum Gasteiger partial charge on any atom is -0.493 e. The number of hydrogen-bond donors (Lipinski definition) is 2. The highest BCUT2D eigenvalue weighted by atomic mass is 35.5. The summed E-state index contributed by atoms with van der Waals surface area (Å²) in [4.78, 5) is 11.2.